The van der Waals surface area contributed by atoms with Crippen molar-refractivity contribution in [1.29, 1.82) is 0 Å². The number of aliphatic carboxylic acids is 4. The number of carboxylic acid groups (broad SMARTS) is 4. The first-order chi connectivity index (χ1) is 5.29. The summed E-state index contributed by atoms with van der Waals surface area (Å²) in [6, 6.07) is 0. The summed E-state index contributed by atoms with van der Waals surface area (Å²) in [7, 11) is 0. The van der Waals surface area contributed by atoms with Gasteiger partial charge in [0.25, 0.3) is 0 Å². The molecule has 0 spiro atoms. The van der Waals surface area contributed by atoms with Crippen LogP contribution in [0.1, 0.15) is 0 Å². The Hall–Kier alpha value is -1.61. The van der Waals surface area contributed by atoms with Crippen LogP contribution >= 0.6 is 0 Å². The van der Waals surface area contributed by atoms with Crippen molar-refractivity contribution < 1.29 is 56.4 Å². The van der Waals surface area contributed by atoms with Gasteiger partial charge in [0.2, 0.25) is 0 Å². The Balaban J connectivity index is -0.000000143. The zero-order chi connectivity index (χ0) is 10.3. The van der Waals surface area contributed by atoms with Crippen LogP contribution in [0.4, 0.5) is 0 Å². The van der Waals surface area contributed by atoms with Gasteiger partial charge in [0.1, 0.15) is 0 Å². The third kappa shape index (κ3) is 17.9. The number of carbonyl (C=O) groups is 4. The number of rotatable bonds is 0. The number of carboxylic acids is 4. The van der Waals surface area contributed by atoms with Crippen LogP contribution in [-0.4, -0.2) is 34.1 Å². The van der Waals surface area contributed by atoms with Crippen LogP contribution in [0.3, 0.4) is 0 Å². The molecule has 0 aliphatic carbocycles. The molecule has 0 aromatic rings. The van der Waals surface area contributed by atoms with E-state index in [4.69, 9.17) is 39.6 Å². The first kappa shape index (κ1) is 17.5. The number of carbonyl (C=O) groups excluding carboxylic acids is 2. The molecule has 0 aliphatic heterocycles. The predicted octanol–water partition coefficient (Wildman–Crippen LogP) is -4.36. The molecule has 2 N–H and O–H groups in total. The molecule has 0 saturated heterocycles. The van der Waals surface area contributed by atoms with Crippen molar-refractivity contribution >= 4 is 23.9 Å². The molecule has 0 bridgehead atoms. The van der Waals surface area contributed by atoms with Crippen molar-refractivity contribution in [3.8, 4) is 0 Å². The molecule has 8 nitrogen and oxygen atoms in total. The molecule has 0 aliphatic rings. The second kappa shape index (κ2) is 8.48. The Morgan fingerprint density at radius 2 is 0.846 bits per heavy atom. The van der Waals surface area contributed by atoms with Crippen molar-refractivity contribution in [2.24, 2.45) is 0 Å². The maximum atomic E-state index is 9.04. The van der Waals surface area contributed by atoms with Crippen LogP contribution in [0.15, 0.2) is 0 Å². The molecular formula is C4H2CoO8. The third-order valence-corrected chi connectivity index (χ3v) is 0.349. The molecule has 0 unspecified atom stereocenters. The summed E-state index contributed by atoms with van der Waals surface area (Å²) >= 11 is 0. The molecule has 1 radical (unpaired) electrons. The molecular weight excluding hydrogens is 235 g/mol. The van der Waals surface area contributed by atoms with Crippen molar-refractivity contribution in [2.75, 3.05) is 0 Å². The van der Waals surface area contributed by atoms with E-state index in [-0.39, 0.29) is 16.8 Å². The molecule has 9 heteroatoms. The van der Waals surface area contributed by atoms with Gasteiger partial charge in [-0.05, 0) is 0 Å². The van der Waals surface area contributed by atoms with Gasteiger partial charge in [-0.15, -0.1) is 0 Å². The molecule has 75 valence electrons. The Labute approximate surface area is 81.0 Å². The summed E-state index contributed by atoms with van der Waals surface area (Å²) in [5, 5.41) is 32.6. The standard InChI is InChI=1S/2C2H2O4.Co/c2*3-1(4)2(5)6;/h2*(H,3,4)(H,5,6);/q;;+2/p-2. The van der Waals surface area contributed by atoms with E-state index in [1.54, 1.807) is 0 Å². The topological polar surface area (TPSA) is 155 Å². The van der Waals surface area contributed by atoms with Crippen LogP contribution in [-0.2, 0) is 36.0 Å². The van der Waals surface area contributed by atoms with E-state index in [1.165, 1.54) is 0 Å². The zero-order valence-electron chi connectivity index (χ0n) is 5.68. The SMILES string of the molecule is O=C([O-])C(=O)O.O=C([O-])C(=O)O.[Co+2]. The normalized spacial score (nSPS) is 6.77. The van der Waals surface area contributed by atoms with Crippen molar-refractivity contribution in [1.82, 2.24) is 0 Å². The Kier molecular flexibility index (Phi) is 11.4. The van der Waals surface area contributed by atoms with Crippen molar-refractivity contribution in [3.05, 3.63) is 0 Å². The smallest absolute Gasteiger partial charge is 0.539 e. The minimum Gasteiger partial charge on any atom is -0.539 e. The fourth-order valence-corrected chi connectivity index (χ4v) is 0. The van der Waals surface area contributed by atoms with Gasteiger partial charge >= 0.3 is 28.7 Å². The summed E-state index contributed by atoms with van der Waals surface area (Å²) in [6.45, 7) is 0. The van der Waals surface area contributed by atoms with Gasteiger partial charge in [0.15, 0.2) is 11.9 Å². The van der Waals surface area contributed by atoms with Crippen molar-refractivity contribution in [3.63, 3.8) is 0 Å². The van der Waals surface area contributed by atoms with Crippen LogP contribution in [0.25, 0.3) is 0 Å². The Morgan fingerprint density at radius 1 is 0.769 bits per heavy atom. The number of hydrogen-bond donors (Lipinski definition) is 2. The second-order valence-corrected chi connectivity index (χ2v) is 1.19. The minimum absolute atomic E-state index is 0. The second-order valence-electron chi connectivity index (χ2n) is 1.19. The van der Waals surface area contributed by atoms with Crippen molar-refractivity contribution in [2.45, 2.75) is 0 Å². The van der Waals surface area contributed by atoms with Crippen LogP contribution in [0.5, 0.6) is 0 Å². The van der Waals surface area contributed by atoms with Crippen LogP contribution in [0, 0.1) is 0 Å². The molecule has 0 fully saturated rings. The van der Waals surface area contributed by atoms with Crippen LogP contribution in [0.2, 0.25) is 0 Å². The fraction of sp³-hybridized carbons (Fsp3) is 0. The molecule has 0 atom stereocenters. The van der Waals surface area contributed by atoms with Gasteiger partial charge in [-0.3, -0.25) is 0 Å². The maximum absolute atomic E-state index is 9.04. The van der Waals surface area contributed by atoms with Gasteiger partial charge in [-0.2, -0.15) is 0 Å². The first-order valence-corrected chi connectivity index (χ1v) is 2.17. The summed E-state index contributed by atoms with van der Waals surface area (Å²) in [4.78, 5) is 36.1. The maximum Gasteiger partial charge on any atom is 2.00 e. The molecule has 0 aromatic carbocycles. The minimum atomic E-state index is -2.07. The van der Waals surface area contributed by atoms with E-state index in [2.05, 4.69) is 0 Å². The molecule has 0 heterocycles. The van der Waals surface area contributed by atoms with E-state index in [0.717, 1.165) is 0 Å². The average Bonchev–Trinajstić information content (AvgIpc) is 1.88. The van der Waals surface area contributed by atoms with Gasteiger partial charge in [-0.1, -0.05) is 0 Å². The van der Waals surface area contributed by atoms with Gasteiger partial charge in [0.05, 0.1) is 0 Å². The molecule has 13 heavy (non-hydrogen) atoms. The quantitative estimate of drug-likeness (QED) is 0.400. The molecule has 0 amide bonds. The summed E-state index contributed by atoms with van der Waals surface area (Å²) in [6.07, 6.45) is 0. The Morgan fingerprint density at radius 3 is 0.846 bits per heavy atom. The molecule has 0 rings (SSSR count). The summed E-state index contributed by atoms with van der Waals surface area (Å²) in [5.41, 5.74) is 0. The average molecular weight is 237 g/mol. The van der Waals surface area contributed by atoms with E-state index < -0.39 is 23.9 Å². The monoisotopic (exact) mass is 237 g/mol. The van der Waals surface area contributed by atoms with Crippen LogP contribution < -0.4 is 10.2 Å². The molecule has 0 saturated carbocycles. The summed E-state index contributed by atoms with van der Waals surface area (Å²) in [5.74, 6) is -8.02. The fourth-order valence-electron chi connectivity index (χ4n) is 0. The summed E-state index contributed by atoms with van der Waals surface area (Å²) < 4.78 is 0. The third-order valence-electron chi connectivity index (χ3n) is 0.349. The van der Waals surface area contributed by atoms with E-state index >= 15 is 0 Å². The van der Waals surface area contributed by atoms with E-state index in [1.807, 2.05) is 0 Å². The van der Waals surface area contributed by atoms with E-state index in [9.17, 15) is 0 Å². The zero-order valence-corrected chi connectivity index (χ0v) is 6.72. The largest absolute Gasteiger partial charge is 2.00 e. The van der Waals surface area contributed by atoms with E-state index in [0.29, 0.717) is 0 Å². The number of hydrogen-bond acceptors (Lipinski definition) is 6. The van der Waals surface area contributed by atoms with Gasteiger partial charge < -0.3 is 30.0 Å². The van der Waals surface area contributed by atoms with Gasteiger partial charge in [0, 0.05) is 0 Å². The molecule has 0 aromatic heterocycles. The predicted molar refractivity (Wildman–Crippen MR) is 25.3 cm³/mol. The van der Waals surface area contributed by atoms with Gasteiger partial charge in [-0.25, -0.2) is 9.59 Å². The Bertz CT molecular complexity index is 172. The first-order valence-electron chi connectivity index (χ1n) is 2.17.